The van der Waals surface area contributed by atoms with E-state index in [0.717, 1.165) is 21.8 Å². The molecule has 1 aromatic carbocycles. The van der Waals surface area contributed by atoms with Gasteiger partial charge in [-0.3, -0.25) is 0 Å². The molecule has 0 spiro atoms. The van der Waals surface area contributed by atoms with Crippen LogP contribution in [0.5, 0.6) is 0 Å². The van der Waals surface area contributed by atoms with Crippen LogP contribution in [0.4, 0.5) is 0 Å². The Morgan fingerprint density at radius 2 is 2.33 bits per heavy atom. The van der Waals surface area contributed by atoms with Gasteiger partial charge in [0.15, 0.2) is 0 Å². The monoisotopic (exact) mass is 305 g/mol. The predicted molar refractivity (Wildman–Crippen MR) is 71.8 cm³/mol. The van der Waals surface area contributed by atoms with Crippen molar-refractivity contribution < 1.29 is 0 Å². The van der Waals surface area contributed by atoms with Crippen molar-refractivity contribution in [1.82, 2.24) is 5.32 Å². The lowest BCUT2D eigenvalue weighted by Gasteiger charge is -2.28. The van der Waals surface area contributed by atoms with Crippen molar-refractivity contribution in [2.24, 2.45) is 0 Å². The zero-order valence-electron chi connectivity index (χ0n) is 8.47. The van der Waals surface area contributed by atoms with Gasteiger partial charge in [-0.1, -0.05) is 40.5 Å². The van der Waals surface area contributed by atoms with Gasteiger partial charge in [0, 0.05) is 33.1 Å². The highest BCUT2D eigenvalue weighted by Gasteiger charge is 2.20. The van der Waals surface area contributed by atoms with Gasteiger partial charge in [0.25, 0.3) is 0 Å². The van der Waals surface area contributed by atoms with Gasteiger partial charge in [-0.05, 0) is 17.7 Å². The minimum Gasteiger partial charge on any atom is -0.308 e. The van der Waals surface area contributed by atoms with Crippen molar-refractivity contribution in [1.29, 1.82) is 0 Å². The summed E-state index contributed by atoms with van der Waals surface area (Å²) >= 11 is 11.6. The molecule has 82 valence electrons. The SMILES string of the molecule is CC1CNC(c2ccc(Br)cc2Cl)CS1. The molecule has 1 fully saturated rings. The van der Waals surface area contributed by atoms with Crippen LogP contribution >= 0.6 is 39.3 Å². The molecule has 0 aliphatic carbocycles. The third-order valence-electron chi connectivity index (χ3n) is 2.54. The van der Waals surface area contributed by atoms with Crippen LogP contribution in [0.15, 0.2) is 22.7 Å². The normalized spacial score (nSPS) is 26.6. The zero-order chi connectivity index (χ0) is 10.8. The fourth-order valence-corrected chi connectivity index (χ4v) is 3.51. The van der Waals surface area contributed by atoms with Crippen molar-refractivity contribution >= 4 is 39.3 Å². The van der Waals surface area contributed by atoms with Gasteiger partial charge in [-0.2, -0.15) is 11.8 Å². The van der Waals surface area contributed by atoms with Crippen molar-refractivity contribution in [3.63, 3.8) is 0 Å². The Morgan fingerprint density at radius 3 is 2.93 bits per heavy atom. The van der Waals surface area contributed by atoms with Gasteiger partial charge in [-0.15, -0.1) is 0 Å². The Balaban J connectivity index is 2.15. The van der Waals surface area contributed by atoms with Gasteiger partial charge in [-0.25, -0.2) is 0 Å². The summed E-state index contributed by atoms with van der Waals surface area (Å²) in [6.45, 7) is 3.30. The standard InChI is InChI=1S/C11H13BrClNS/c1-7-5-14-11(6-15-7)9-3-2-8(12)4-10(9)13/h2-4,7,11,14H,5-6H2,1H3. The summed E-state index contributed by atoms with van der Waals surface area (Å²) in [6.07, 6.45) is 0. The van der Waals surface area contributed by atoms with Crippen LogP contribution in [0.3, 0.4) is 0 Å². The molecule has 4 heteroatoms. The molecule has 0 amide bonds. The first-order valence-electron chi connectivity index (χ1n) is 4.97. The highest BCUT2D eigenvalue weighted by Crippen LogP contribution is 2.31. The quantitative estimate of drug-likeness (QED) is 0.845. The van der Waals surface area contributed by atoms with E-state index in [1.165, 1.54) is 5.56 Å². The van der Waals surface area contributed by atoms with Crippen molar-refractivity contribution in [3.8, 4) is 0 Å². The second-order valence-electron chi connectivity index (χ2n) is 3.77. The Morgan fingerprint density at radius 1 is 1.53 bits per heavy atom. The number of rotatable bonds is 1. The van der Waals surface area contributed by atoms with E-state index in [1.807, 2.05) is 23.9 Å². The lowest BCUT2D eigenvalue weighted by molar-refractivity contribution is 0.564. The third-order valence-corrected chi connectivity index (χ3v) is 4.62. The second-order valence-corrected chi connectivity index (χ2v) is 6.56. The highest BCUT2D eigenvalue weighted by atomic mass is 79.9. The van der Waals surface area contributed by atoms with E-state index in [-0.39, 0.29) is 0 Å². The molecule has 0 bridgehead atoms. The summed E-state index contributed by atoms with van der Waals surface area (Å²) < 4.78 is 1.04. The molecule has 1 aliphatic rings. The third kappa shape index (κ3) is 2.90. The summed E-state index contributed by atoms with van der Waals surface area (Å²) in [5.41, 5.74) is 1.21. The van der Waals surface area contributed by atoms with Gasteiger partial charge >= 0.3 is 0 Å². The summed E-state index contributed by atoms with van der Waals surface area (Å²) in [5, 5.41) is 5.07. The zero-order valence-corrected chi connectivity index (χ0v) is 11.6. The van der Waals surface area contributed by atoms with Crippen LogP contribution < -0.4 is 5.32 Å². The molecule has 1 N–H and O–H groups in total. The molecular formula is C11H13BrClNS. The van der Waals surface area contributed by atoms with E-state index in [2.05, 4.69) is 34.2 Å². The number of halogens is 2. The van der Waals surface area contributed by atoms with E-state index in [9.17, 15) is 0 Å². The van der Waals surface area contributed by atoms with Crippen molar-refractivity contribution in [3.05, 3.63) is 33.3 Å². The van der Waals surface area contributed by atoms with Crippen LogP contribution in [0.25, 0.3) is 0 Å². The van der Waals surface area contributed by atoms with Crippen molar-refractivity contribution in [2.45, 2.75) is 18.2 Å². The maximum Gasteiger partial charge on any atom is 0.0465 e. The maximum atomic E-state index is 6.22. The molecule has 1 heterocycles. The Bertz CT molecular complexity index is 350. The second kappa shape index (κ2) is 5.09. The summed E-state index contributed by atoms with van der Waals surface area (Å²) in [4.78, 5) is 0. The number of thioether (sulfide) groups is 1. The van der Waals surface area contributed by atoms with E-state index in [1.54, 1.807) is 0 Å². The van der Waals surface area contributed by atoms with Gasteiger partial charge in [0.2, 0.25) is 0 Å². The smallest absolute Gasteiger partial charge is 0.0465 e. The molecule has 2 rings (SSSR count). The molecule has 1 aromatic rings. The molecule has 1 saturated heterocycles. The van der Waals surface area contributed by atoms with Crippen LogP contribution in [0, 0.1) is 0 Å². The van der Waals surface area contributed by atoms with Gasteiger partial charge in [0.1, 0.15) is 0 Å². The average molecular weight is 307 g/mol. The number of benzene rings is 1. The first kappa shape index (κ1) is 11.8. The van der Waals surface area contributed by atoms with E-state index >= 15 is 0 Å². The van der Waals surface area contributed by atoms with Gasteiger partial charge in [0.05, 0.1) is 0 Å². The summed E-state index contributed by atoms with van der Waals surface area (Å²) in [6, 6.07) is 6.50. The lowest BCUT2D eigenvalue weighted by atomic mass is 10.1. The van der Waals surface area contributed by atoms with Gasteiger partial charge < -0.3 is 5.32 Å². The van der Waals surface area contributed by atoms with Crippen LogP contribution in [-0.4, -0.2) is 17.5 Å². The Labute approximate surface area is 108 Å². The van der Waals surface area contributed by atoms with E-state index in [4.69, 9.17) is 11.6 Å². The molecule has 1 aliphatic heterocycles. The molecule has 0 saturated carbocycles. The molecule has 2 atom stereocenters. The topological polar surface area (TPSA) is 12.0 Å². The largest absolute Gasteiger partial charge is 0.308 e. The number of hydrogen-bond donors (Lipinski definition) is 1. The molecule has 1 nitrogen and oxygen atoms in total. The Kier molecular flexibility index (Phi) is 3.99. The molecule has 0 aromatic heterocycles. The van der Waals surface area contributed by atoms with E-state index < -0.39 is 0 Å². The number of nitrogens with one attached hydrogen (secondary N) is 1. The maximum absolute atomic E-state index is 6.22. The van der Waals surface area contributed by atoms with Crippen LogP contribution in [0.2, 0.25) is 5.02 Å². The minimum atomic E-state index is 0.395. The highest BCUT2D eigenvalue weighted by molar-refractivity contribution is 9.10. The minimum absolute atomic E-state index is 0.395. The average Bonchev–Trinajstić information content (AvgIpc) is 2.20. The predicted octanol–water partition coefficient (Wildman–Crippen LogP) is 3.87. The molecular weight excluding hydrogens is 294 g/mol. The van der Waals surface area contributed by atoms with E-state index in [0.29, 0.717) is 11.3 Å². The fourth-order valence-electron chi connectivity index (χ4n) is 1.67. The molecule has 0 radical (unpaired) electrons. The Hall–Kier alpha value is 0.300. The summed E-state index contributed by atoms with van der Waals surface area (Å²) in [5.74, 6) is 1.10. The van der Waals surface area contributed by atoms with Crippen LogP contribution in [-0.2, 0) is 0 Å². The molecule has 2 unspecified atom stereocenters. The van der Waals surface area contributed by atoms with Crippen LogP contribution in [0.1, 0.15) is 18.5 Å². The van der Waals surface area contributed by atoms with Crippen molar-refractivity contribution in [2.75, 3.05) is 12.3 Å². The first-order valence-corrected chi connectivity index (χ1v) is 7.18. The lowest BCUT2D eigenvalue weighted by Crippen LogP contribution is -2.34. The fraction of sp³-hybridized carbons (Fsp3) is 0.455. The first-order chi connectivity index (χ1) is 7.16. The summed E-state index contributed by atoms with van der Waals surface area (Å²) in [7, 11) is 0. The number of hydrogen-bond acceptors (Lipinski definition) is 2. The molecule has 15 heavy (non-hydrogen) atoms.